The monoisotopic (exact) mass is 307 g/mol. The van der Waals surface area contributed by atoms with Crippen molar-refractivity contribution in [3.8, 4) is 0 Å². The molecule has 116 valence electrons. The summed E-state index contributed by atoms with van der Waals surface area (Å²) in [7, 11) is 0. The molecule has 21 heavy (non-hydrogen) atoms. The summed E-state index contributed by atoms with van der Waals surface area (Å²) in [6.45, 7) is 6.19. The van der Waals surface area contributed by atoms with Crippen LogP contribution in [0, 0.1) is 17.8 Å². The molecule has 1 fully saturated rings. The highest BCUT2D eigenvalue weighted by Crippen LogP contribution is 2.34. The van der Waals surface area contributed by atoms with E-state index in [1.54, 1.807) is 11.3 Å². The Hall–Kier alpha value is -0.940. The van der Waals surface area contributed by atoms with Crippen LogP contribution in [0.25, 0.3) is 0 Å². The van der Waals surface area contributed by atoms with E-state index >= 15 is 0 Å². The fourth-order valence-electron chi connectivity index (χ4n) is 3.25. The molecule has 2 heterocycles. The summed E-state index contributed by atoms with van der Waals surface area (Å²) in [6, 6.07) is 0. The lowest BCUT2D eigenvalue weighted by molar-refractivity contribution is -0.121. The molecule has 2 unspecified atom stereocenters. The Morgan fingerprint density at radius 3 is 3.00 bits per heavy atom. The number of aryl methyl sites for hydroxylation is 1. The van der Waals surface area contributed by atoms with Gasteiger partial charge in [0.1, 0.15) is 0 Å². The molecule has 2 atom stereocenters. The van der Waals surface area contributed by atoms with Crippen LogP contribution < -0.4 is 10.6 Å². The molecule has 1 aliphatic heterocycles. The van der Waals surface area contributed by atoms with Crippen LogP contribution in [0.5, 0.6) is 0 Å². The van der Waals surface area contributed by atoms with E-state index in [1.807, 2.05) is 6.92 Å². The van der Waals surface area contributed by atoms with Gasteiger partial charge in [0.2, 0.25) is 5.91 Å². The summed E-state index contributed by atoms with van der Waals surface area (Å²) in [5.41, 5.74) is 1.22. The van der Waals surface area contributed by atoms with Crippen LogP contribution in [0.15, 0.2) is 0 Å². The molecule has 0 saturated carbocycles. The van der Waals surface area contributed by atoms with Gasteiger partial charge in [-0.25, -0.2) is 4.98 Å². The first-order valence-corrected chi connectivity index (χ1v) is 8.99. The second-order valence-electron chi connectivity index (χ2n) is 6.48. The maximum atomic E-state index is 12.3. The minimum atomic E-state index is 0.0695. The highest BCUT2D eigenvalue weighted by Gasteiger charge is 2.29. The van der Waals surface area contributed by atoms with Gasteiger partial charge in [0, 0.05) is 10.8 Å². The standard InChI is InChI=1S/C16H25N3OS/c1-3-4-11-5-6-13-14(7-11)21-16(18-13)19-15(20)10(2)12-8-17-9-12/h10-12,17H,3-9H2,1-2H3,(H,18,19,20). The minimum absolute atomic E-state index is 0.0695. The van der Waals surface area contributed by atoms with E-state index in [0.29, 0.717) is 5.92 Å². The summed E-state index contributed by atoms with van der Waals surface area (Å²) in [5, 5.41) is 7.07. The molecule has 1 aliphatic carbocycles. The zero-order valence-electron chi connectivity index (χ0n) is 12.9. The molecule has 5 heteroatoms. The summed E-state index contributed by atoms with van der Waals surface area (Å²) >= 11 is 1.69. The average Bonchev–Trinajstić information content (AvgIpc) is 2.78. The first-order valence-electron chi connectivity index (χ1n) is 8.17. The van der Waals surface area contributed by atoms with E-state index in [0.717, 1.165) is 37.0 Å². The summed E-state index contributed by atoms with van der Waals surface area (Å²) in [4.78, 5) is 18.3. The third kappa shape index (κ3) is 3.29. The quantitative estimate of drug-likeness (QED) is 0.879. The predicted octanol–water partition coefficient (Wildman–Crippen LogP) is 2.84. The van der Waals surface area contributed by atoms with Crippen molar-refractivity contribution in [3.05, 3.63) is 10.6 Å². The smallest absolute Gasteiger partial charge is 0.229 e. The second-order valence-corrected chi connectivity index (χ2v) is 7.57. The molecule has 1 saturated heterocycles. The number of thiazole rings is 1. The van der Waals surface area contributed by atoms with Crippen molar-refractivity contribution in [2.45, 2.75) is 46.0 Å². The van der Waals surface area contributed by atoms with Gasteiger partial charge >= 0.3 is 0 Å². The van der Waals surface area contributed by atoms with Gasteiger partial charge in [0.05, 0.1) is 5.69 Å². The van der Waals surface area contributed by atoms with Gasteiger partial charge in [-0.15, -0.1) is 11.3 Å². The molecule has 2 aliphatic rings. The highest BCUT2D eigenvalue weighted by molar-refractivity contribution is 7.15. The number of carbonyl (C=O) groups is 1. The lowest BCUT2D eigenvalue weighted by Crippen LogP contribution is -2.48. The van der Waals surface area contributed by atoms with Gasteiger partial charge in [0.15, 0.2) is 5.13 Å². The molecular formula is C16H25N3OS. The Balaban J connectivity index is 1.61. The summed E-state index contributed by atoms with van der Waals surface area (Å²) < 4.78 is 0. The molecule has 1 aromatic heterocycles. The van der Waals surface area contributed by atoms with Crippen molar-refractivity contribution in [3.63, 3.8) is 0 Å². The number of aromatic nitrogens is 1. The molecule has 0 radical (unpaired) electrons. The van der Waals surface area contributed by atoms with Crippen molar-refractivity contribution < 1.29 is 4.79 Å². The Kier molecular flexibility index (Phi) is 4.60. The van der Waals surface area contributed by atoms with Crippen molar-refractivity contribution in [1.82, 2.24) is 10.3 Å². The number of hydrogen-bond acceptors (Lipinski definition) is 4. The summed E-state index contributed by atoms with van der Waals surface area (Å²) in [6.07, 6.45) is 6.05. The van der Waals surface area contributed by atoms with E-state index < -0.39 is 0 Å². The van der Waals surface area contributed by atoms with E-state index in [4.69, 9.17) is 0 Å². The summed E-state index contributed by atoms with van der Waals surface area (Å²) in [5.74, 6) is 1.48. The van der Waals surface area contributed by atoms with Crippen LogP contribution in [0.2, 0.25) is 0 Å². The lowest BCUT2D eigenvalue weighted by atomic mass is 9.88. The maximum absolute atomic E-state index is 12.3. The Labute approximate surface area is 130 Å². The second kappa shape index (κ2) is 6.44. The Bertz CT molecular complexity index is 510. The largest absolute Gasteiger partial charge is 0.316 e. The van der Waals surface area contributed by atoms with Gasteiger partial charge in [-0.3, -0.25) is 4.79 Å². The fourth-order valence-corrected chi connectivity index (χ4v) is 4.37. The Morgan fingerprint density at radius 1 is 1.52 bits per heavy atom. The Morgan fingerprint density at radius 2 is 2.33 bits per heavy atom. The third-order valence-corrected chi connectivity index (χ3v) is 5.94. The van der Waals surface area contributed by atoms with E-state index in [1.165, 1.54) is 29.8 Å². The molecule has 4 nitrogen and oxygen atoms in total. The number of anilines is 1. The lowest BCUT2D eigenvalue weighted by Gasteiger charge is -2.31. The number of hydrogen-bond donors (Lipinski definition) is 2. The average molecular weight is 307 g/mol. The van der Waals surface area contributed by atoms with Gasteiger partial charge in [-0.05, 0) is 44.2 Å². The molecule has 0 spiro atoms. The first kappa shape index (κ1) is 15.0. The van der Waals surface area contributed by atoms with Crippen LogP contribution in [0.4, 0.5) is 5.13 Å². The van der Waals surface area contributed by atoms with Crippen LogP contribution in [0.3, 0.4) is 0 Å². The van der Waals surface area contributed by atoms with Gasteiger partial charge in [-0.2, -0.15) is 0 Å². The topological polar surface area (TPSA) is 54.0 Å². The molecule has 3 rings (SSSR count). The number of carbonyl (C=O) groups excluding carboxylic acids is 1. The van der Waals surface area contributed by atoms with Crippen molar-refractivity contribution in [1.29, 1.82) is 0 Å². The zero-order chi connectivity index (χ0) is 14.8. The zero-order valence-corrected chi connectivity index (χ0v) is 13.8. The van der Waals surface area contributed by atoms with E-state index in [-0.39, 0.29) is 11.8 Å². The van der Waals surface area contributed by atoms with Crippen molar-refractivity contribution in [2.75, 3.05) is 18.4 Å². The normalized spacial score (nSPS) is 23.2. The fraction of sp³-hybridized carbons (Fsp3) is 0.750. The molecular weight excluding hydrogens is 282 g/mol. The number of rotatable bonds is 5. The van der Waals surface area contributed by atoms with Crippen molar-refractivity contribution >= 4 is 22.4 Å². The SMILES string of the molecule is CCCC1CCc2nc(NC(=O)C(C)C3CNC3)sc2C1. The third-order valence-electron chi connectivity index (χ3n) is 4.90. The predicted molar refractivity (Wildman–Crippen MR) is 86.7 cm³/mol. The van der Waals surface area contributed by atoms with Crippen LogP contribution in [-0.4, -0.2) is 24.0 Å². The van der Waals surface area contributed by atoms with E-state index in [2.05, 4.69) is 22.5 Å². The van der Waals surface area contributed by atoms with E-state index in [9.17, 15) is 4.79 Å². The molecule has 1 amide bonds. The molecule has 0 aromatic carbocycles. The molecule has 2 N–H and O–H groups in total. The van der Waals surface area contributed by atoms with Crippen molar-refractivity contribution in [2.24, 2.45) is 17.8 Å². The van der Waals surface area contributed by atoms with Crippen LogP contribution in [0.1, 0.15) is 43.7 Å². The number of nitrogens with zero attached hydrogens (tertiary/aromatic N) is 1. The van der Waals surface area contributed by atoms with Gasteiger partial charge in [0.25, 0.3) is 0 Å². The van der Waals surface area contributed by atoms with Crippen LogP contribution in [-0.2, 0) is 17.6 Å². The molecule has 0 bridgehead atoms. The number of amides is 1. The van der Waals surface area contributed by atoms with Crippen LogP contribution >= 0.6 is 11.3 Å². The van der Waals surface area contributed by atoms with Gasteiger partial charge in [-0.1, -0.05) is 26.7 Å². The maximum Gasteiger partial charge on any atom is 0.229 e. The highest BCUT2D eigenvalue weighted by atomic mass is 32.1. The number of nitrogens with one attached hydrogen (secondary N) is 2. The minimum Gasteiger partial charge on any atom is -0.316 e. The van der Waals surface area contributed by atoms with Gasteiger partial charge < -0.3 is 10.6 Å². The number of fused-ring (bicyclic) bond motifs is 1. The first-order chi connectivity index (χ1) is 10.2. The molecule has 1 aromatic rings.